The molecule has 0 aliphatic carbocycles. The van der Waals surface area contributed by atoms with Crippen LogP contribution >= 0.6 is 11.6 Å². The number of ether oxygens (including phenoxy) is 1. The zero-order chi connectivity index (χ0) is 14.8. The van der Waals surface area contributed by atoms with Crippen LogP contribution in [0.5, 0.6) is 0 Å². The van der Waals surface area contributed by atoms with Crippen LogP contribution in [0.1, 0.15) is 5.56 Å². The molecule has 0 atom stereocenters. The number of nitrogens with zero attached hydrogens (tertiary/aromatic N) is 2. The summed E-state index contributed by atoms with van der Waals surface area (Å²) in [5, 5.41) is 10.7. The van der Waals surface area contributed by atoms with Gasteiger partial charge in [-0.25, -0.2) is 4.98 Å². The van der Waals surface area contributed by atoms with Crippen LogP contribution in [-0.2, 0) is 18.1 Å². The number of rotatable bonds is 6. The summed E-state index contributed by atoms with van der Waals surface area (Å²) < 4.78 is 7.57. The minimum Gasteiger partial charge on any atom is -0.392 e. The maximum Gasteiger partial charge on any atom is 0.142 e. The Morgan fingerprint density at radius 2 is 2.10 bits per heavy atom. The highest BCUT2D eigenvalue weighted by Gasteiger charge is 2.13. The smallest absolute Gasteiger partial charge is 0.142 e. The summed E-state index contributed by atoms with van der Waals surface area (Å²) in [6.07, 6.45) is 1.66. The lowest BCUT2D eigenvalue weighted by atomic mass is 10.2. The lowest BCUT2D eigenvalue weighted by Gasteiger charge is -2.16. The standard InChI is InChI=1S/C14H21ClN2O2Si/c1-20(2,3)5-4-19-10-17-13(15)7-12-6-11(9-18)8-16-14(12)17/h6-8,18H,4-5,9-10H2,1-3H3. The van der Waals surface area contributed by atoms with E-state index in [4.69, 9.17) is 21.4 Å². The number of pyridine rings is 1. The van der Waals surface area contributed by atoms with Gasteiger partial charge >= 0.3 is 0 Å². The van der Waals surface area contributed by atoms with Crippen molar-refractivity contribution in [1.82, 2.24) is 9.55 Å². The zero-order valence-electron chi connectivity index (χ0n) is 12.2. The highest BCUT2D eigenvalue weighted by molar-refractivity contribution is 6.76. The third-order valence-electron chi connectivity index (χ3n) is 3.14. The number of fused-ring (bicyclic) bond motifs is 1. The molecule has 20 heavy (non-hydrogen) atoms. The molecule has 6 heteroatoms. The van der Waals surface area contributed by atoms with E-state index in [2.05, 4.69) is 24.6 Å². The van der Waals surface area contributed by atoms with Gasteiger partial charge in [0, 0.05) is 26.3 Å². The van der Waals surface area contributed by atoms with Crippen molar-refractivity contribution < 1.29 is 9.84 Å². The van der Waals surface area contributed by atoms with Crippen molar-refractivity contribution in [2.75, 3.05) is 6.61 Å². The number of halogens is 1. The van der Waals surface area contributed by atoms with Crippen LogP contribution in [-0.4, -0.2) is 29.3 Å². The summed E-state index contributed by atoms with van der Waals surface area (Å²) in [5.74, 6) is 0. The molecule has 0 bridgehead atoms. The second-order valence-electron chi connectivity index (χ2n) is 6.16. The van der Waals surface area contributed by atoms with Crippen molar-refractivity contribution in [3.63, 3.8) is 0 Å². The molecule has 0 saturated carbocycles. The van der Waals surface area contributed by atoms with E-state index in [1.165, 1.54) is 0 Å². The minimum atomic E-state index is -1.07. The largest absolute Gasteiger partial charge is 0.392 e. The molecule has 0 fully saturated rings. The van der Waals surface area contributed by atoms with Gasteiger partial charge in [0.2, 0.25) is 0 Å². The van der Waals surface area contributed by atoms with E-state index in [0.717, 1.165) is 29.2 Å². The Hall–Kier alpha value is -0.883. The molecule has 2 aromatic rings. The van der Waals surface area contributed by atoms with Crippen LogP contribution in [0, 0.1) is 0 Å². The van der Waals surface area contributed by atoms with Crippen LogP contribution in [0.25, 0.3) is 11.0 Å². The molecule has 0 saturated heterocycles. The van der Waals surface area contributed by atoms with Crippen molar-refractivity contribution in [2.24, 2.45) is 0 Å². The van der Waals surface area contributed by atoms with Gasteiger partial charge in [0.1, 0.15) is 17.5 Å². The predicted octanol–water partition coefficient (Wildman–Crippen LogP) is 3.49. The van der Waals surface area contributed by atoms with Gasteiger partial charge in [-0.15, -0.1) is 0 Å². The molecule has 2 heterocycles. The number of aliphatic hydroxyl groups excluding tert-OH is 1. The fraction of sp³-hybridized carbons (Fsp3) is 0.500. The van der Waals surface area contributed by atoms with Gasteiger partial charge in [-0.3, -0.25) is 4.57 Å². The molecule has 0 aliphatic rings. The van der Waals surface area contributed by atoms with Crippen LogP contribution in [0.15, 0.2) is 18.3 Å². The molecule has 2 rings (SSSR count). The Morgan fingerprint density at radius 1 is 1.35 bits per heavy atom. The van der Waals surface area contributed by atoms with Crippen molar-refractivity contribution in [3.05, 3.63) is 29.0 Å². The van der Waals surface area contributed by atoms with E-state index >= 15 is 0 Å². The van der Waals surface area contributed by atoms with Crippen LogP contribution < -0.4 is 0 Å². The third kappa shape index (κ3) is 3.82. The average Bonchev–Trinajstić information content (AvgIpc) is 2.68. The normalized spacial score (nSPS) is 12.2. The van der Waals surface area contributed by atoms with Gasteiger partial charge < -0.3 is 9.84 Å². The van der Waals surface area contributed by atoms with Gasteiger partial charge in [0.25, 0.3) is 0 Å². The fourth-order valence-corrected chi connectivity index (χ4v) is 2.91. The predicted molar refractivity (Wildman–Crippen MR) is 84.8 cm³/mol. The maximum absolute atomic E-state index is 9.12. The van der Waals surface area contributed by atoms with Crippen molar-refractivity contribution in [1.29, 1.82) is 0 Å². The number of aromatic nitrogens is 2. The molecule has 0 unspecified atom stereocenters. The van der Waals surface area contributed by atoms with Crippen LogP contribution in [0.2, 0.25) is 30.8 Å². The summed E-state index contributed by atoms with van der Waals surface area (Å²) in [6, 6.07) is 4.88. The summed E-state index contributed by atoms with van der Waals surface area (Å²) in [7, 11) is -1.07. The van der Waals surface area contributed by atoms with E-state index in [9.17, 15) is 0 Å². The molecule has 0 aliphatic heterocycles. The molecule has 2 aromatic heterocycles. The van der Waals surface area contributed by atoms with Gasteiger partial charge in [0.05, 0.1) is 6.61 Å². The highest BCUT2D eigenvalue weighted by atomic mass is 35.5. The molecule has 1 N–H and O–H groups in total. The second kappa shape index (κ2) is 6.26. The molecular formula is C14H21ClN2O2Si. The zero-order valence-corrected chi connectivity index (χ0v) is 13.9. The molecule has 0 amide bonds. The molecule has 0 aromatic carbocycles. The SMILES string of the molecule is C[Si](C)(C)CCOCn1c(Cl)cc2cc(CO)cnc21. The minimum absolute atomic E-state index is 0.0154. The number of hydrogen-bond acceptors (Lipinski definition) is 3. The highest BCUT2D eigenvalue weighted by Crippen LogP contribution is 2.23. The van der Waals surface area contributed by atoms with E-state index in [1.807, 2.05) is 16.7 Å². The fourth-order valence-electron chi connectivity index (χ4n) is 1.90. The van der Waals surface area contributed by atoms with Crippen LogP contribution in [0.4, 0.5) is 0 Å². The number of hydrogen-bond donors (Lipinski definition) is 1. The maximum atomic E-state index is 9.12. The first-order valence-corrected chi connectivity index (χ1v) is 10.8. The molecular weight excluding hydrogens is 292 g/mol. The van der Waals surface area contributed by atoms with E-state index in [-0.39, 0.29) is 6.61 Å². The molecule has 4 nitrogen and oxygen atoms in total. The molecule has 0 radical (unpaired) electrons. The first-order chi connectivity index (χ1) is 9.40. The molecule has 110 valence electrons. The average molecular weight is 313 g/mol. The Morgan fingerprint density at radius 3 is 2.75 bits per heavy atom. The van der Waals surface area contributed by atoms with Gasteiger partial charge in [-0.2, -0.15) is 0 Å². The topological polar surface area (TPSA) is 47.3 Å². The van der Waals surface area contributed by atoms with E-state index in [1.54, 1.807) is 6.20 Å². The summed E-state index contributed by atoms with van der Waals surface area (Å²) in [4.78, 5) is 4.35. The molecule has 0 spiro atoms. The quantitative estimate of drug-likeness (QED) is 0.656. The van der Waals surface area contributed by atoms with E-state index in [0.29, 0.717) is 11.9 Å². The van der Waals surface area contributed by atoms with Gasteiger partial charge in [-0.05, 0) is 23.7 Å². The van der Waals surface area contributed by atoms with Gasteiger partial charge in [-0.1, -0.05) is 31.2 Å². The monoisotopic (exact) mass is 312 g/mol. The second-order valence-corrected chi connectivity index (χ2v) is 12.2. The van der Waals surface area contributed by atoms with Gasteiger partial charge in [0.15, 0.2) is 0 Å². The number of aliphatic hydroxyl groups is 1. The van der Waals surface area contributed by atoms with Crippen molar-refractivity contribution in [3.8, 4) is 0 Å². The first kappa shape index (κ1) is 15.5. The lowest BCUT2D eigenvalue weighted by molar-refractivity contribution is 0.0900. The van der Waals surface area contributed by atoms with Crippen molar-refractivity contribution >= 4 is 30.7 Å². The Bertz CT molecular complexity index is 593. The Labute approximate surface area is 125 Å². The third-order valence-corrected chi connectivity index (χ3v) is 5.16. The first-order valence-electron chi connectivity index (χ1n) is 6.73. The van der Waals surface area contributed by atoms with Crippen LogP contribution in [0.3, 0.4) is 0 Å². The summed E-state index contributed by atoms with van der Waals surface area (Å²) in [5.41, 5.74) is 1.58. The summed E-state index contributed by atoms with van der Waals surface area (Å²) in [6.45, 7) is 8.13. The summed E-state index contributed by atoms with van der Waals surface area (Å²) >= 11 is 6.22. The van der Waals surface area contributed by atoms with E-state index < -0.39 is 8.07 Å². The van der Waals surface area contributed by atoms with Crippen molar-refractivity contribution in [2.45, 2.75) is 39.0 Å². The Balaban J connectivity index is 2.08. The Kier molecular flexibility index (Phi) is 4.85. The lowest BCUT2D eigenvalue weighted by Crippen LogP contribution is -2.22.